The molecule has 1 saturated carbocycles. The topological polar surface area (TPSA) is 21.6 Å². The second-order valence-corrected chi connectivity index (χ2v) is 14.5. The Kier molecular flexibility index (Phi) is 4.31. The van der Waals surface area contributed by atoms with Gasteiger partial charge in [0.1, 0.15) is 6.61 Å². The van der Waals surface area contributed by atoms with Crippen LogP contribution in [0, 0.1) is 10.8 Å². The molecule has 0 amide bonds. The van der Waals surface area contributed by atoms with E-state index in [-0.39, 0.29) is 18.8 Å². The Morgan fingerprint density at radius 3 is 1.86 bits per heavy atom. The van der Waals surface area contributed by atoms with Gasteiger partial charge in [0.15, 0.2) is 5.90 Å². The third-order valence-corrected chi connectivity index (χ3v) is 9.36. The molecule has 1 heterocycles. The summed E-state index contributed by atoms with van der Waals surface area (Å²) in [5, 5.41) is 0.747. The molecule has 0 saturated heterocycles. The van der Waals surface area contributed by atoms with Crippen molar-refractivity contribution in [2.75, 3.05) is 6.61 Å². The third kappa shape index (κ3) is 3.37. The van der Waals surface area contributed by atoms with Crippen LogP contribution >= 0.6 is 7.92 Å². The molecule has 0 aromatic carbocycles. The largest absolute Gasteiger partial charge is 0.478 e. The van der Waals surface area contributed by atoms with E-state index in [9.17, 15) is 0 Å². The molecule has 2 nitrogen and oxygen atoms in total. The number of aliphatic imine (C=N–C) groups is 1. The van der Waals surface area contributed by atoms with Gasteiger partial charge in [-0.1, -0.05) is 77.2 Å². The maximum atomic E-state index is 6.09. The van der Waals surface area contributed by atoms with Crippen molar-refractivity contribution in [1.29, 1.82) is 0 Å². The zero-order valence-electron chi connectivity index (χ0n) is 16.4. The fourth-order valence-electron chi connectivity index (χ4n) is 4.02. The van der Waals surface area contributed by atoms with E-state index in [4.69, 9.17) is 9.73 Å². The first-order valence-electron chi connectivity index (χ1n) is 8.68. The Morgan fingerprint density at radius 1 is 1.00 bits per heavy atom. The molecule has 0 unspecified atom stereocenters. The normalized spacial score (nSPS) is 33.0. The van der Waals surface area contributed by atoms with Crippen molar-refractivity contribution in [3.8, 4) is 0 Å². The monoisotopic (exact) mass is 325 g/mol. The average Bonchev–Trinajstić information content (AvgIpc) is 2.74. The molecule has 1 aliphatic carbocycles. The van der Waals surface area contributed by atoms with Crippen molar-refractivity contribution in [2.24, 2.45) is 15.8 Å². The highest BCUT2D eigenvalue weighted by Crippen LogP contribution is 2.75. The van der Waals surface area contributed by atoms with Crippen molar-refractivity contribution >= 4 is 13.8 Å². The second kappa shape index (κ2) is 5.20. The van der Waals surface area contributed by atoms with E-state index in [0.717, 1.165) is 18.2 Å². The predicted octanol–water partition coefficient (Wildman–Crippen LogP) is 5.69. The fraction of sp³-hybridized carbons (Fsp3) is 0.947. The lowest BCUT2D eigenvalue weighted by Crippen LogP contribution is -2.30. The van der Waals surface area contributed by atoms with E-state index in [0.29, 0.717) is 16.4 Å². The van der Waals surface area contributed by atoms with Gasteiger partial charge in [0.25, 0.3) is 0 Å². The summed E-state index contributed by atoms with van der Waals surface area (Å²) in [5.41, 5.74) is 1.13. The summed E-state index contributed by atoms with van der Waals surface area (Å²) < 4.78 is 6.09. The molecule has 0 aromatic heterocycles. The zero-order valence-corrected chi connectivity index (χ0v) is 17.3. The first-order valence-corrected chi connectivity index (χ1v) is 10.1. The summed E-state index contributed by atoms with van der Waals surface area (Å²) in [4.78, 5) is 4.99. The minimum absolute atomic E-state index is 0.0979. The Bertz CT molecular complexity index is 449. The van der Waals surface area contributed by atoms with Crippen molar-refractivity contribution in [3.05, 3.63) is 0 Å². The van der Waals surface area contributed by atoms with Gasteiger partial charge < -0.3 is 4.74 Å². The van der Waals surface area contributed by atoms with Crippen molar-refractivity contribution in [1.82, 2.24) is 0 Å². The van der Waals surface area contributed by atoms with Gasteiger partial charge in [-0.2, -0.15) is 0 Å². The molecule has 2 aliphatic rings. The molecular weight excluding hydrogens is 289 g/mol. The molecular formula is C19H36NOP. The lowest BCUT2D eigenvalue weighted by molar-refractivity contribution is 0.228. The molecule has 0 aromatic rings. The Balaban J connectivity index is 2.22. The first-order chi connectivity index (χ1) is 9.67. The molecule has 3 heteroatoms. The van der Waals surface area contributed by atoms with Crippen LogP contribution in [0.2, 0.25) is 0 Å². The summed E-state index contributed by atoms with van der Waals surface area (Å²) >= 11 is 0. The van der Waals surface area contributed by atoms with Gasteiger partial charge >= 0.3 is 0 Å². The van der Waals surface area contributed by atoms with Crippen LogP contribution in [-0.4, -0.2) is 34.5 Å². The Labute approximate surface area is 139 Å². The first kappa shape index (κ1) is 18.2. The summed E-state index contributed by atoms with van der Waals surface area (Å²) in [6.45, 7) is 24.4. The van der Waals surface area contributed by atoms with Gasteiger partial charge in [-0.3, -0.25) is 0 Å². The fourth-order valence-corrected chi connectivity index (χ4v) is 9.14. The summed E-state index contributed by atoms with van der Waals surface area (Å²) in [5.74, 6) is 1.05. The molecule has 0 radical (unpaired) electrons. The van der Waals surface area contributed by atoms with Crippen LogP contribution in [-0.2, 0) is 4.74 Å². The molecule has 0 spiro atoms. The smallest absolute Gasteiger partial charge is 0.190 e. The predicted molar refractivity (Wildman–Crippen MR) is 99.6 cm³/mol. The standard InChI is InChI=1S/C19H36NOP/c1-16(2,3)13-12-21-15(20-13)19(10)11-14(19)22(17(4,5)6)18(7,8)9/h13-14H,11-12H2,1-10H3/t13-,14+,19-/m1/s1. The minimum Gasteiger partial charge on any atom is -0.478 e. The number of hydrogen-bond donors (Lipinski definition) is 0. The van der Waals surface area contributed by atoms with Crippen LogP contribution in [0.15, 0.2) is 4.99 Å². The molecule has 1 fully saturated rings. The van der Waals surface area contributed by atoms with E-state index in [1.54, 1.807) is 0 Å². The molecule has 2 rings (SSSR count). The highest BCUT2D eigenvalue weighted by atomic mass is 31.1. The van der Waals surface area contributed by atoms with Gasteiger partial charge in [-0.05, 0) is 27.8 Å². The SMILES string of the molecule is CC(C)(C)[C@H]1COC([C@]2(C)C[C@@H]2P(C(C)(C)C)C(C)(C)C)=N1. The van der Waals surface area contributed by atoms with E-state index < -0.39 is 0 Å². The lowest BCUT2D eigenvalue weighted by atomic mass is 9.88. The second-order valence-electron chi connectivity index (χ2n) is 10.5. The van der Waals surface area contributed by atoms with Crippen LogP contribution in [0.25, 0.3) is 0 Å². The van der Waals surface area contributed by atoms with E-state index >= 15 is 0 Å². The molecule has 1 aliphatic heterocycles. The molecule has 0 bridgehead atoms. The average molecular weight is 325 g/mol. The highest BCUT2D eigenvalue weighted by molar-refractivity contribution is 7.62. The van der Waals surface area contributed by atoms with Crippen LogP contribution in [0.5, 0.6) is 0 Å². The lowest BCUT2D eigenvalue weighted by Gasteiger charge is -2.43. The molecule has 128 valence electrons. The Hall–Kier alpha value is -0.100. The van der Waals surface area contributed by atoms with Gasteiger partial charge in [-0.15, -0.1) is 0 Å². The quantitative estimate of drug-likeness (QED) is 0.598. The number of nitrogens with zero attached hydrogens (tertiary/aromatic N) is 1. The number of hydrogen-bond acceptors (Lipinski definition) is 2. The molecule has 22 heavy (non-hydrogen) atoms. The zero-order chi connectivity index (χ0) is 17.1. The van der Waals surface area contributed by atoms with Crippen LogP contribution in [0.4, 0.5) is 0 Å². The van der Waals surface area contributed by atoms with Gasteiger partial charge in [0, 0.05) is 0 Å². The van der Waals surface area contributed by atoms with Crippen LogP contribution in [0.3, 0.4) is 0 Å². The van der Waals surface area contributed by atoms with Gasteiger partial charge in [-0.25, -0.2) is 4.99 Å². The summed E-state index contributed by atoms with van der Waals surface area (Å²) in [7, 11) is -0.0979. The van der Waals surface area contributed by atoms with E-state index in [1.165, 1.54) is 6.42 Å². The van der Waals surface area contributed by atoms with Gasteiger partial charge in [0.2, 0.25) is 0 Å². The third-order valence-electron chi connectivity index (χ3n) is 5.09. The van der Waals surface area contributed by atoms with Gasteiger partial charge in [0.05, 0.1) is 11.5 Å². The van der Waals surface area contributed by atoms with Crippen molar-refractivity contribution in [2.45, 2.75) is 97.7 Å². The van der Waals surface area contributed by atoms with Crippen molar-refractivity contribution in [3.63, 3.8) is 0 Å². The Morgan fingerprint density at radius 2 is 1.50 bits per heavy atom. The van der Waals surface area contributed by atoms with E-state index in [1.807, 2.05) is 0 Å². The number of rotatable bonds is 2. The maximum Gasteiger partial charge on any atom is 0.190 e. The van der Waals surface area contributed by atoms with Crippen molar-refractivity contribution < 1.29 is 4.74 Å². The number of ether oxygens (including phenoxy) is 1. The van der Waals surface area contributed by atoms with E-state index in [2.05, 4.69) is 69.2 Å². The summed E-state index contributed by atoms with van der Waals surface area (Å²) in [6, 6.07) is 0.316. The maximum absolute atomic E-state index is 6.09. The molecule has 0 N–H and O–H groups in total. The molecule has 3 atom stereocenters. The van der Waals surface area contributed by atoms with Crippen LogP contribution in [0.1, 0.15) is 75.7 Å². The summed E-state index contributed by atoms with van der Waals surface area (Å²) in [6.07, 6.45) is 1.25. The van der Waals surface area contributed by atoms with Crippen LogP contribution < -0.4 is 0 Å². The highest BCUT2D eigenvalue weighted by Gasteiger charge is 2.63. The minimum atomic E-state index is -0.0979.